The van der Waals surface area contributed by atoms with Crippen LogP contribution in [0.3, 0.4) is 0 Å². The highest BCUT2D eigenvalue weighted by molar-refractivity contribution is 5.97. The molecule has 0 bridgehead atoms. The molecule has 2 atom stereocenters. The molecule has 0 aliphatic carbocycles. The SMILES string of the molecule is CCN(C(=O)c1cc(F)ccc1Oc1nncnc1N1CCC2(C1)CN([C@H](CCCNC[C@@H](C)C(=O)NC)C(C)C)C2)C(C)C. The van der Waals surface area contributed by atoms with E-state index < -0.39 is 5.82 Å². The van der Waals surface area contributed by atoms with Crippen molar-refractivity contribution in [2.24, 2.45) is 17.3 Å². The number of rotatable bonds is 15. The first-order valence-electron chi connectivity index (χ1n) is 16.4. The minimum atomic E-state index is -0.509. The highest BCUT2D eigenvalue weighted by Gasteiger charge is 2.50. The summed E-state index contributed by atoms with van der Waals surface area (Å²) in [5.41, 5.74) is 0.317. The molecule has 0 saturated carbocycles. The van der Waals surface area contributed by atoms with Gasteiger partial charge in [0.15, 0.2) is 5.82 Å². The number of halogens is 1. The second-order valence-electron chi connectivity index (χ2n) is 13.3. The molecule has 2 aromatic rings. The molecule has 12 heteroatoms. The number of hydrogen-bond donors (Lipinski definition) is 2. The number of carbonyl (C=O) groups excluding carboxylic acids is 2. The number of nitrogens with zero attached hydrogens (tertiary/aromatic N) is 6. The van der Waals surface area contributed by atoms with Crippen LogP contribution < -0.4 is 20.3 Å². The summed E-state index contributed by atoms with van der Waals surface area (Å²) in [6.07, 6.45) is 4.62. The van der Waals surface area contributed by atoms with Gasteiger partial charge in [-0.15, -0.1) is 10.2 Å². The van der Waals surface area contributed by atoms with E-state index in [1.807, 2.05) is 27.7 Å². The third-order valence-corrected chi connectivity index (χ3v) is 9.23. The van der Waals surface area contributed by atoms with E-state index in [4.69, 9.17) is 4.74 Å². The summed E-state index contributed by atoms with van der Waals surface area (Å²) in [6.45, 7) is 18.1. The molecule has 2 amide bonds. The van der Waals surface area contributed by atoms with Gasteiger partial charge in [-0.3, -0.25) is 14.5 Å². The fraction of sp³-hybridized carbons (Fsp3) is 0.667. The predicted molar refractivity (Wildman–Crippen MR) is 173 cm³/mol. The lowest BCUT2D eigenvalue weighted by atomic mass is 9.76. The van der Waals surface area contributed by atoms with Gasteiger partial charge in [-0.1, -0.05) is 20.8 Å². The van der Waals surface area contributed by atoms with Crippen molar-refractivity contribution in [3.63, 3.8) is 0 Å². The standard InChI is InChI=1S/C33H51FN8O3/c1-8-42(23(4)5)32(44)26-16-25(34)11-12-28(26)45-31-29(37-21-38-39-31)40-15-13-33(18-40)19-41(20-33)27(22(2)3)10-9-14-36-17-24(6)30(43)35-7/h11-12,16,21-24,27,36H,8-10,13-15,17-20H2,1-7H3,(H,35,43)/t24-,27-/m1/s1. The van der Waals surface area contributed by atoms with Crippen molar-refractivity contribution in [1.82, 2.24) is 35.6 Å². The van der Waals surface area contributed by atoms with Crippen molar-refractivity contribution < 1.29 is 18.7 Å². The second kappa shape index (κ2) is 15.3. The number of nitrogens with one attached hydrogen (secondary N) is 2. The van der Waals surface area contributed by atoms with Crippen LogP contribution in [-0.2, 0) is 4.79 Å². The summed E-state index contributed by atoms with van der Waals surface area (Å²) >= 11 is 0. The molecule has 2 aliphatic heterocycles. The molecular weight excluding hydrogens is 575 g/mol. The maximum Gasteiger partial charge on any atom is 0.282 e. The Hall–Kier alpha value is -3.38. The normalized spacial score (nSPS) is 17.4. The zero-order valence-electron chi connectivity index (χ0n) is 28.0. The first kappa shape index (κ1) is 34.5. The Morgan fingerprint density at radius 2 is 1.91 bits per heavy atom. The molecule has 2 N–H and O–H groups in total. The Morgan fingerprint density at radius 3 is 2.58 bits per heavy atom. The van der Waals surface area contributed by atoms with E-state index >= 15 is 0 Å². The van der Waals surface area contributed by atoms with Crippen LogP contribution in [0.1, 0.15) is 71.2 Å². The number of likely N-dealkylation sites (tertiary alicyclic amines) is 1. The average Bonchev–Trinajstić information content (AvgIpc) is 3.44. The van der Waals surface area contributed by atoms with Gasteiger partial charge in [0.05, 0.1) is 5.56 Å². The molecule has 0 radical (unpaired) electrons. The van der Waals surface area contributed by atoms with E-state index in [2.05, 4.69) is 49.5 Å². The van der Waals surface area contributed by atoms with Gasteiger partial charge in [-0.05, 0) is 70.7 Å². The molecule has 1 aromatic carbocycles. The van der Waals surface area contributed by atoms with E-state index in [1.165, 1.54) is 24.5 Å². The van der Waals surface area contributed by atoms with Crippen LogP contribution in [0.15, 0.2) is 24.5 Å². The summed E-state index contributed by atoms with van der Waals surface area (Å²) in [7, 11) is 1.67. The summed E-state index contributed by atoms with van der Waals surface area (Å²) in [5.74, 6) is 0.774. The average molecular weight is 627 g/mol. The fourth-order valence-electron chi connectivity index (χ4n) is 6.76. The van der Waals surface area contributed by atoms with Crippen molar-refractivity contribution >= 4 is 17.6 Å². The first-order chi connectivity index (χ1) is 21.5. The quantitative estimate of drug-likeness (QED) is 0.284. The fourth-order valence-corrected chi connectivity index (χ4v) is 6.76. The summed E-state index contributed by atoms with van der Waals surface area (Å²) in [4.78, 5) is 36.1. The maximum atomic E-state index is 14.3. The smallest absolute Gasteiger partial charge is 0.282 e. The summed E-state index contributed by atoms with van der Waals surface area (Å²) < 4.78 is 20.5. The molecule has 45 heavy (non-hydrogen) atoms. The zero-order valence-corrected chi connectivity index (χ0v) is 28.0. The predicted octanol–water partition coefficient (Wildman–Crippen LogP) is 3.96. The lowest BCUT2D eigenvalue weighted by Crippen LogP contribution is -2.62. The van der Waals surface area contributed by atoms with E-state index in [0.29, 0.717) is 30.9 Å². The Bertz CT molecular complexity index is 1300. The molecule has 4 rings (SSSR count). The van der Waals surface area contributed by atoms with Crippen LogP contribution >= 0.6 is 0 Å². The maximum absolute atomic E-state index is 14.3. The monoisotopic (exact) mass is 626 g/mol. The third kappa shape index (κ3) is 8.26. The topological polar surface area (TPSA) is 116 Å². The summed E-state index contributed by atoms with van der Waals surface area (Å²) in [6, 6.07) is 4.42. The number of benzene rings is 1. The molecule has 2 fully saturated rings. The van der Waals surface area contributed by atoms with Crippen LogP contribution in [0.25, 0.3) is 0 Å². The van der Waals surface area contributed by atoms with Crippen molar-refractivity contribution in [2.75, 3.05) is 57.8 Å². The second-order valence-corrected chi connectivity index (χ2v) is 13.3. The molecule has 1 spiro atoms. The number of carbonyl (C=O) groups is 2. The highest BCUT2D eigenvalue weighted by atomic mass is 19.1. The largest absolute Gasteiger partial charge is 0.434 e. The lowest BCUT2D eigenvalue weighted by molar-refractivity contribution is -0.123. The van der Waals surface area contributed by atoms with E-state index in [-0.39, 0.29) is 46.4 Å². The molecular formula is C33H51FN8O3. The van der Waals surface area contributed by atoms with Crippen molar-refractivity contribution in [1.29, 1.82) is 0 Å². The molecule has 11 nitrogen and oxygen atoms in total. The van der Waals surface area contributed by atoms with E-state index in [1.54, 1.807) is 11.9 Å². The number of ether oxygens (including phenoxy) is 1. The number of hydrogen-bond acceptors (Lipinski definition) is 9. The van der Waals surface area contributed by atoms with Gasteiger partial charge in [0, 0.05) is 69.7 Å². The minimum absolute atomic E-state index is 0.0380. The van der Waals surface area contributed by atoms with Crippen LogP contribution in [0, 0.1) is 23.1 Å². The molecule has 2 saturated heterocycles. The van der Waals surface area contributed by atoms with Crippen LogP contribution in [0.4, 0.5) is 10.2 Å². The number of amides is 2. The Balaban J connectivity index is 1.38. The van der Waals surface area contributed by atoms with Crippen LogP contribution in [-0.4, -0.2) is 102 Å². The Morgan fingerprint density at radius 1 is 1.16 bits per heavy atom. The van der Waals surface area contributed by atoms with Crippen molar-refractivity contribution in [2.45, 2.75) is 72.9 Å². The molecule has 248 valence electrons. The van der Waals surface area contributed by atoms with Crippen LogP contribution in [0.2, 0.25) is 0 Å². The van der Waals surface area contributed by atoms with E-state index in [0.717, 1.165) is 52.0 Å². The van der Waals surface area contributed by atoms with Crippen LogP contribution in [0.5, 0.6) is 11.6 Å². The van der Waals surface area contributed by atoms with Crippen molar-refractivity contribution in [3.05, 3.63) is 35.9 Å². The van der Waals surface area contributed by atoms with Gasteiger partial charge >= 0.3 is 0 Å². The molecule has 0 unspecified atom stereocenters. The molecule has 2 aliphatic rings. The Labute approximate surface area is 267 Å². The first-order valence-corrected chi connectivity index (χ1v) is 16.4. The van der Waals surface area contributed by atoms with E-state index in [9.17, 15) is 14.0 Å². The van der Waals surface area contributed by atoms with Gasteiger partial charge < -0.3 is 25.2 Å². The van der Waals surface area contributed by atoms with Gasteiger partial charge in [0.25, 0.3) is 11.8 Å². The third-order valence-electron chi connectivity index (χ3n) is 9.23. The highest BCUT2D eigenvalue weighted by Crippen LogP contribution is 2.44. The van der Waals surface area contributed by atoms with Gasteiger partial charge in [-0.25, -0.2) is 9.37 Å². The number of aromatic nitrogens is 3. The molecule has 1 aromatic heterocycles. The van der Waals surface area contributed by atoms with Gasteiger partial charge in [0.2, 0.25) is 5.91 Å². The van der Waals surface area contributed by atoms with Crippen molar-refractivity contribution in [3.8, 4) is 11.6 Å². The van der Waals surface area contributed by atoms with Gasteiger partial charge in [0.1, 0.15) is 17.9 Å². The Kier molecular flexibility index (Phi) is 11.7. The van der Waals surface area contributed by atoms with Gasteiger partial charge in [-0.2, -0.15) is 0 Å². The zero-order chi connectivity index (χ0) is 32.7. The number of anilines is 1. The lowest BCUT2D eigenvalue weighted by Gasteiger charge is -2.53. The summed E-state index contributed by atoms with van der Waals surface area (Å²) in [5, 5.41) is 14.3. The molecule has 3 heterocycles. The minimum Gasteiger partial charge on any atom is -0.434 e.